The van der Waals surface area contributed by atoms with Crippen LogP contribution in [0.25, 0.3) is 0 Å². The Bertz CT molecular complexity index is 417. The van der Waals surface area contributed by atoms with Crippen LogP contribution < -0.4 is 0 Å². The number of piperidine rings is 1. The SMILES string of the molecule is CC(C)(C)OC(=O)N1C2C=C(CC3CC3)CC1CCC2. The van der Waals surface area contributed by atoms with Crippen LogP contribution in [0.1, 0.15) is 65.7 Å². The summed E-state index contributed by atoms with van der Waals surface area (Å²) in [6.45, 7) is 5.83. The summed E-state index contributed by atoms with van der Waals surface area (Å²) in [5, 5.41) is 0. The summed E-state index contributed by atoms with van der Waals surface area (Å²) in [7, 11) is 0. The van der Waals surface area contributed by atoms with Gasteiger partial charge in [0.25, 0.3) is 0 Å². The number of carbonyl (C=O) groups is 1. The van der Waals surface area contributed by atoms with E-state index in [0.717, 1.165) is 25.2 Å². The highest BCUT2D eigenvalue weighted by molar-refractivity contribution is 5.70. The molecule has 112 valence electrons. The van der Waals surface area contributed by atoms with Gasteiger partial charge < -0.3 is 4.74 Å². The number of nitrogens with zero attached hydrogens (tertiary/aromatic N) is 1. The molecule has 3 rings (SSSR count). The molecule has 3 aliphatic rings. The predicted octanol–water partition coefficient (Wildman–Crippen LogP) is 4.27. The Kier molecular flexibility index (Phi) is 3.55. The van der Waals surface area contributed by atoms with E-state index < -0.39 is 5.60 Å². The van der Waals surface area contributed by atoms with E-state index in [1.165, 1.54) is 25.7 Å². The maximum absolute atomic E-state index is 12.4. The summed E-state index contributed by atoms with van der Waals surface area (Å²) < 4.78 is 5.60. The molecule has 0 N–H and O–H groups in total. The molecular weight excluding hydrogens is 250 g/mol. The molecule has 0 aromatic rings. The van der Waals surface area contributed by atoms with Crippen molar-refractivity contribution >= 4 is 6.09 Å². The lowest BCUT2D eigenvalue weighted by atomic mass is 9.84. The first-order valence-electron chi connectivity index (χ1n) is 8.13. The highest BCUT2D eigenvalue weighted by atomic mass is 16.6. The summed E-state index contributed by atoms with van der Waals surface area (Å²) in [5.41, 5.74) is 1.20. The van der Waals surface area contributed by atoms with Crippen molar-refractivity contribution in [1.82, 2.24) is 4.90 Å². The summed E-state index contributed by atoms with van der Waals surface area (Å²) in [4.78, 5) is 14.5. The third kappa shape index (κ3) is 3.18. The average molecular weight is 277 g/mol. The molecule has 0 aromatic heterocycles. The van der Waals surface area contributed by atoms with Crippen molar-refractivity contribution in [2.24, 2.45) is 5.92 Å². The lowest BCUT2D eigenvalue weighted by molar-refractivity contribution is -0.00160. The highest BCUT2D eigenvalue weighted by Gasteiger charge is 2.39. The number of rotatable bonds is 2. The van der Waals surface area contributed by atoms with Crippen molar-refractivity contribution in [3.63, 3.8) is 0 Å². The maximum Gasteiger partial charge on any atom is 0.411 e. The Labute approximate surface area is 122 Å². The van der Waals surface area contributed by atoms with E-state index in [4.69, 9.17) is 4.74 Å². The van der Waals surface area contributed by atoms with Gasteiger partial charge in [-0.2, -0.15) is 0 Å². The van der Waals surface area contributed by atoms with E-state index in [2.05, 4.69) is 6.08 Å². The van der Waals surface area contributed by atoms with Gasteiger partial charge in [-0.15, -0.1) is 0 Å². The van der Waals surface area contributed by atoms with Gasteiger partial charge in [-0.1, -0.05) is 11.6 Å². The Morgan fingerprint density at radius 3 is 2.65 bits per heavy atom. The number of hydrogen-bond acceptors (Lipinski definition) is 2. The Balaban J connectivity index is 1.72. The molecule has 2 unspecified atom stereocenters. The molecule has 0 aromatic carbocycles. The Morgan fingerprint density at radius 1 is 1.30 bits per heavy atom. The van der Waals surface area contributed by atoms with Crippen molar-refractivity contribution in [2.45, 2.75) is 83.4 Å². The summed E-state index contributed by atoms with van der Waals surface area (Å²) in [6.07, 6.45) is 10.9. The smallest absolute Gasteiger partial charge is 0.411 e. The van der Waals surface area contributed by atoms with Gasteiger partial charge in [-0.25, -0.2) is 4.79 Å². The number of hydrogen-bond donors (Lipinski definition) is 0. The number of amides is 1. The van der Waals surface area contributed by atoms with Crippen molar-refractivity contribution in [3.8, 4) is 0 Å². The van der Waals surface area contributed by atoms with E-state index in [1.54, 1.807) is 5.57 Å². The number of carbonyl (C=O) groups excluding carboxylic acids is 1. The van der Waals surface area contributed by atoms with E-state index in [-0.39, 0.29) is 12.1 Å². The summed E-state index contributed by atoms with van der Waals surface area (Å²) >= 11 is 0. The zero-order chi connectivity index (χ0) is 14.3. The molecule has 20 heavy (non-hydrogen) atoms. The molecule has 1 saturated heterocycles. The molecular formula is C17H27NO2. The number of ether oxygens (including phenoxy) is 1. The molecule has 3 nitrogen and oxygen atoms in total. The molecule has 2 atom stereocenters. The zero-order valence-electron chi connectivity index (χ0n) is 13.0. The second-order valence-corrected chi connectivity index (χ2v) is 7.72. The van der Waals surface area contributed by atoms with Crippen molar-refractivity contribution in [2.75, 3.05) is 0 Å². The van der Waals surface area contributed by atoms with Crippen molar-refractivity contribution < 1.29 is 9.53 Å². The summed E-state index contributed by atoms with van der Waals surface area (Å²) in [6, 6.07) is 0.661. The molecule has 2 heterocycles. The molecule has 1 aliphatic carbocycles. The highest BCUT2D eigenvalue weighted by Crippen LogP contribution is 2.41. The normalized spacial score (nSPS) is 29.9. The molecule has 2 bridgehead atoms. The van der Waals surface area contributed by atoms with Gasteiger partial charge in [-0.3, -0.25) is 4.90 Å². The topological polar surface area (TPSA) is 29.5 Å². The molecule has 2 fully saturated rings. The minimum absolute atomic E-state index is 0.117. The zero-order valence-corrected chi connectivity index (χ0v) is 13.0. The van der Waals surface area contributed by atoms with E-state index in [0.29, 0.717) is 6.04 Å². The lowest BCUT2D eigenvalue weighted by Crippen LogP contribution is -2.53. The predicted molar refractivity (Wildman–Crippen MR) is 79.5 cm³/mol. The van der Waals surface area contributed by atoms with Crippen LogP contribution in [-0.4, -0.2) is 28.7 Å². The second-order valence-electron chi connectivity index (χ2n) is 7.72. The van der Waals surface area contributed by atoms with Gasteiger partial charge in [-0.05, 0) is 71.6 Å². The van der Waals surface area contributed by atoms with Crippen LogP contribution in [0.5, 0.6) is 0 Å². The third-order valence-corrected chi connectivity index (χ3v) is 4.57. The maximum atomic E-state index is 12.4. The molecule has 0 radical (unpaired) electrons. The van der Waals surface area contributed by atoms with Gasteiger partial charge in [0.15, 0.2) is 0 Å². The van der Waals surface area contributed by atoms with Gasteiger partial charge in [0.2, 0.25) is 0 Å². The first kappa shape index (κ1) is 14.0. The van der Waals surface area contributed by atoms with Crippen LogP contribution >= 0.6 is 0 Å². The molecule has 1 saturated carbocycles. The fourth-order valence-corrected chi connectivity index (χ4v) is 3.56. The molecule has 1 amide bonds. The van der Waals surface area contributed by atoms with Gasteiger partial charge >= 0.3 is 6.09 Å². The van der Waals surface area contributed by atoms with Crippen LogP contribution in [0.3, 0.4) is 0 Å². The second kappa shape index (κ2) is 5.09. The van der Waals surface area contributed by atoms with Crippen molar-refractivity contribution in [3.05, 3.63) is 11.6 Å². The number of fused-ring (bicyclic) bond motifs is 2. The minimum Gasteiger partial charge on any atom is -0.444 e. The fraction of sp³-hybridized carbons (Fsp3) is 0.824. The van der Waals surface area contributed by atoms with Crippen molar-refractivity contribution in [1.29, 1.82) is 0 Å². The standard InChI is InChI=1S/C17H27NO2/c1-17(2,3)20-16(19)18-14-5-4-6-15(18)11-13(10-14)9-12-7-8-12/h10,12,14-15H,4-9,11H2,1-3H3. The molecule has 2 aliphatic heterocycles. The molecule has 0 spiro atoms. The minimum atomic E-state index is -0.399. The van der Waals surface area contributed by atoms with E-state index in [1.807, 2.05) is 25.7 Å². The first-order valence-corrected chi connectivity index (χ1v) is 8.13. The van der Waals surface area contributed by atoms with E-state index in [9.17, 15) is 4.79 Å². The van der Waals surface area contributed by atoms with Gasteiger partial charge in [0.05, 0.1) is 6.04 Å². The van der Waals surface area contributed by atoms with Crippen LogP contribution in [0.2, 0.25) is 0 Å². The van der Waals surface area contributed by atoms with Crippen LogP contribution in [-0.2, 0) is 4.74 Å². The lowest BCUT2D eigenvalue weighted by Gasteiger charge is -2.45. The Hall–Kier alpha value is -0.990. The largest absolute Gasteiger partial charge is 0.444 e. The quantitative estimate of drug-likeness (QED) is 0.705. The third-order valence-electron chi connectivity index (χ3n) is 4.57. The van der Waals surface area contributed by atoms with Gasteiger partial charge in [0, 0.05) is 6.04 Å². The Morgan fingerprint density at radius 2 is 2.05 bits per heavy atom. The monoisotopic (exact) mass is 277 g/mol. The first-order chi connectivity index (χ1) is 9.42. The average Bonchev–Trinajstić information content (AvgIpc) is 3.09. The van der Waals surface area contributed by atoms with Crippen LogP contribution in [0, 0.1) is 5.92 Å². The van der Waals surface area contributed by atoms with Crippen LogP contribution in [0.4, 0.5) is 4.79 Å². The van der Waals surface area contributed by atoms with E-state index >= 15 is 0 Å². The van der Waals surface area contributed by atoms with Gasteiger partial charge in [0.1, 0.15) is 5.60 Å². The van der Waals surface area contributed by atoms with Crippen LogP contribution in [0.15, 0.2) is 11.6 Å². The molecule has 3 heteroatoms. The fourth-order valence-electron chi connectivity index (χ4n) is 3.56. The summed E-state index contributed by atoms with van der Waals surface area (Å²) in [5.74, 6) is 0.940.